The lowest BCUT2D eigenvalue weighted by atomic mass is 10.2. The van der Waals surface area contributed by atoms with Gasteiger partial charge < -0.3 is 4.42 Å². The molecule has 0 aliphatic rings. The van der Waals surface area contributed by atoms with Gasteiger partial charge in [0.2, 0.25) is 5.82 Å². The molecule has 0 radical (unpaired) electrons. The minimum Gasteiger partial charge on any atom is -0.461 e. The molecule has 114 valence electrons. The van der Waals surface area contributed by atoms with Crippen molar-refractivity contribution in [3.05, 3.63) is 66.4 Å². The number of nitrogens with zero attached hydrogens (tertiary/aromatic N) is 4. The highest BCUT2D eigenvalue weighted by molar-refractivity contribution is 7.98. The van der Waals surface area contributed by atoms with Gasteiger partial charge in [0.15, 0.2) is 10.9 Å². The SMILES string of the molecule is C=CCn1c(SCc2cccc(C#N)c2)nnc1-c1ccco1. The zero-order valence-electron chi connectivity index (χ0n) is 12.3. The fourth-order valence-electron chi connectivity index (χ4n) is 2.16. The van der Waals surface area contributed by atoms with Gasteiger partial charge in [-0.05, 0) is 29.8 Å². The van der Waals surface area contributed by atoms with Gasteiger partial charge >= 0.3 is 0 Å². The molecular weight excluding hydrogens is 308 g/mol. The molecule has 0 N–H and O–H groups in total. The summed E-state index contributed by atoms with van der Waals surface area (Å²) >= 11 is 1.57. The van der Waals surface area contributed by atoms with Gasteiger partial charge in [0.1, 0.15) is 0 Å². The van der Waals surface area contributed by atoms with Crippen LogP contribution in [-0.2, 0) is 12.3 Å². The zero-order chi connectivity index (χ0) is 16.1. The summed E-state index contributed by atoms with van der Waals surface area (Å²) in [6.45, 7) is 4.39. The summed E-state index contributed by atoms with van der Waals surface area (Å²) in [6, 6.07) is 13.4. The summed E-state index contributed by atoms with van der Waals surface area (Å²) < 4.78 is 7.37. The van der Waals surface area contributed by atoms with E-state index in [1.165, 1.54) is 0 Å². The van der Waals surface area contributed by atoms with E-state index in [4.69, 9.17) is 9.68 Å². The van der Waals surface area contributed by atoms with E-state index >= 15 is 0 Å². The highest BCUT2D eigenvalue weighted by Gasteiger charge is 2.15. The molecule has 3 rings (SSSR count). The lowest BCUT2D eigenvalue weighted by molar-refractivity contribution is 0.569. The van der Waals surface area contributed by atoms with Crippen LogP contribution in [-0.4, -0.2) is 14.8 Å². The van der Waals surface area contributed by atoms with E-state index in [0.29, 0.717) is 29.4 Å². The number of rotatable bonds is 6. The second kappa shape index (κ2) is 6.99. The molecular formula is C17H14N4OS. The lowest BCUT2D eigenvalue weighted by Crippen LogP contribution is -2.00. The number of hydrogen-bond donors (Lipinski definition) is 0. The van der Waals surface area contributed by atoms with Crippen molar-refractivity contribution in [2.24, 2.45) is 0 Å². The van der Waals surface area contributed by atoms with Gasteiger partial charge in [0.25, 0.3) is 0 Å². The van der Waals surface area contributed by atoms with E-state index in [9.17, 15) is 0 Å². The molecule has 3 aromatic rings. The largest absolute Gasteiger partial charge is 0.461 e. The van der Waals surface area contributed by atoms with E-state index in [2.05, 4.69) is 22.8 Å². The Labute approximate surface area is 138 Å². The van der Waals surface area contributed by atoms with Crippen LogP contribution in [0.1, 0.15) is 11.1 Å². The molecule has 0 aliphatic carbocycles. The molecule has 5 nitrogen and oxygen atoms in total. The third-order valence-corrected chi connectivity index (χ3v) is 4.23. The predicted octanol–water partition coefficient (Wildman–Crippen LogP) is 3.89. The van der Waals surface area contributed by atoms with Crippen molar-refractivity contribution in [1.82, 2.24) is 14.8 Å². The third kappa shape index (κ3) is 3.35. The molecule has 0 amide bonds. The van der Waals surface area contributed by atoms with Crippen molar-refractivity contribution in [2.45, 2.75) is 17.5 Å². The summed E-state index contributed by atoms with van der Waals surface area (Å²) in [5.74, 6) is 2.07. The van der Waals surface area contributed by atoms with Gasteiger partial charge in [-0.15, -0.1) is 16.8 Å². The van der Waals surface area contributed by atoms with Gasteiger partial charge in [-0.2, -0.15) is 5.26 Å². The summed E-state index contributed by atoms with van der Waals surface area (Å²) in [5.41, 5.74) is 1.73. The molecule has 0 bridgehead atoms. The van der Waals surface area contributed by atoms with Crippen LogP contribution in [0.3, 0.4) is 0 Å². The van der Waals surface area contributed by atoms with Crippen LogP contribution in [0.5, 0.6) is 0 Å². The first-order valence-electron chi connectivity index (χ1n) is 7.01. The van der Waals surface area contributed by atoms with Gasteiger partial charge in [-0.1, -0.05) is 30.0 Å². The number of hydrogen-bond acceptors (Lipinski definition) is 5. The number of allylic oxidation sites excluding steroid dienone is 1. The first kappa shape index (κ1) is 15.1. The molecule has 0 unspecified atom stereocenters. The average molecular weight is 322 g/mol. The molecule has 0 fully saturated rings. The Hall–Kier alpha value is -2.78. The Morgan fingerprint density at radius 1 is 1.30 bits per heavy atom. The van der Waals surface area contributed by atoms with E-state index in [1.54, 1.807) is 30.2 Å². The zero-order valence-corrected chi connectivity index (χ0v) is 13.2. The van der Waals surface area contributed by atoms with Gasteiger partial charge in [-0.25, -0.2) is 0 Å². The minimum absolute atomic E-state index is 0.601. The highest BCUT2D eigenvalue weighted by Crippen LogP contribution is 2.26. The molecule has 2 aromatic heterocycles. The fraction of sp³-hybridized carbons (Fsp3) is 0.118. The average Bonchev–Trinajstić information content (AvgIpc) is 3.23. The first-order chi connectivity index (χ1) is 11.3. The van der Waals surface area contributed by atoms with Crippen LogP contribution in [0.4, 0.5) is 0 Å². The topological polar surface area (TPSA) is 67.6 Å². The summed E-state index contributed by atoms with van der Waals surface area (Å²) in [4.78, 5) is 0. The second-order valence-corrected chi connectivity index (χ2v) is 5.73. The van der Waals surface area contributed by atoms with E-state index < -0.39 is 0 Å². The first-order valence-corrected chi connectivity index (χ1v) is 8.00. The predicted molar refractivity (Wildman–Crippen MR) is 88.6 cm³/mol. The Bertz CT molecular complexity index is 846. The number of furan rings is 1. The lowest BCUT2D eigenvalue weighted by Gasteiger charge is -2.06. The van der Waals surface area contributed by atoms with Crippen molar-refractivity contribution in [3.63, 3.8) is 0 Å². The fourth-order valence-corrected chi connectivity index (χ4v) is 3.05. The molecule has 2 heterocycles. The molecule has 0 aliphatic heterocycles. The number of thioether (sulfide) groups is 1. The Morgan fingerprint density at radius 3 is 2.96 bits per heavy atom. The normalized spacial score (nSPS) is 10.4. The number of nitriles is 1. The molecule has 6 heteroatoms. The maximum absolute atomic E-state index is 8.97. The van der Waals surface area contributed by atoms with Crippen molar-refractivity contribution in [1.29, 1.82) is 5.26 Å². The van der Waals surface area contributed by atoms with Crippen LogP contribution in [0.25, 0.3) is 11.6 Å². The van der Waals surface area contributed by atoms with Crippen molar-refractivity contribution in [2.75, 3.05) is 0 Å². The number of benzene rings is 1. The molecule has 23 heavy (non-hydrogen) atoms. The van der Waals surface area contributed by atoms with E-state index in [-0.39, 0.29) is 0 Å². The monoisotopic (exact) mass is 322 g/mol. The summed E-state index contributed by atoms with van der Waals surface area (Å²) in [6.07, 6.45) is 3.42. The van der Waals surface area contributed by atoms with E-state index in [0.717, 1.165) is 10.7 Å². The molecule has 0 saturated carbocycles. The molecule has 0 atom stereocenters. The van der Waals surface area contributed by atoms with Crippen LogP contribution >= 0.6 is 11.8 Å². The van der Waals surface area contributed by atoms with Crippen molar-refractivity contribution in [3.8, 4) is 17.7 Å². The summed E-state index contributed by atoms with van der Waals surface area (Å²) in [5, 5.41) is 18.2. The molecule has 0 saturated heterocycles. The van der Waals surface area contributed by atoms with Gasteiger partial charge in [-0.3, -0.25) is 4.57 Å². The second-order valence-electron chi connectivity index (χ2n) is 4.78. The summed E-state index contributed by atoms with van der Waals surface area (Å²) in [7, 11) is 0. The smallest absolute Gasteiger partial charge is 0.200 e. The van der Waals surface area contributed by atoms with Crippen LogP contribution in [0.15, 0.2) is 64.9 Å². The highest BCUT2D eigenvalue weighted by atomic mass is 32.2. The van der Waals surface area contributed by atoms with Crippen molar-refractivity contribution < 1.29 is 4.42 Å². The van der Waals surface area contributed by atoms with Crippen LogP contribution in [0.2, 0.25) is 0 Å². The molecule has 1 aromatic carbocycles. The van der Waals surface area contributed by atoms with Crippen LogP contribution in [0, 0.1) is 11.3 Å². The van der Waals surface area contributed by atoms with Crippen LogP contribution < -0.4 is 0 Å². The van der Waals surface area contributed by atoms with Crippen molar-refractivity contribution >= 4 is 11.8 Å². The maximum Gasteiger partial charge on any atom is 0.200 e. The minimum atomic E-state index is 0.601. The Kier molecular flexibility index (Phi) is 4.60. The van der Waals surface area contributed by atoms with Gasteiger partial charge in [0, 0.05) is 12.3 Å². The molecule has 0 spiro atoms. The van der Waals surface area contributed by atoms with E-state index in [1.807, 2.05) is 34.9 Å². The standard InChI is InChI=1S/C17H14N4OS/c1-2-8-21-16(15-7-4-9-22-15)19-20-17(21)23-12-14-6-3-5-13(10-14)11-18/h2-7,9-10H,1,8,12H2. The maximum atomic E-state index is 8.97. The number of aromatic nitrogens is 3. The third-order valence-electron chi connectivity index (χ3n) is 3.19. The van der Waals surface area contributed by atoms with Gasteiger partial charge in [0.05, 0.1) is 17.9 Å². The Morgan fingerprint density at radius 2 is 2.22 bits per heavy atom. The Balaban J connectivity index is 1.82. The quantitative estimate of drug-likeness (QED) is 0.509.